The van der Waals surface area contributed by atoms with Crippen LogP contribution in [0, 0.1) is 0 Å². The van der Waals surface area contributed by atoms with Crippen LogP contribution >= 0.6 is 0 Å². The van der Waals surface area contributed by atoms with Crippen LogP contribution in [0.5, 0.6) is 0 Å². The fourth-order valence-electron chi connectivity index (χ4n) is 2.95. The van der Waals surface area contributed by atoms with Crippen molar-refractivity contribution in [1.29, 1.82) is 0 Å². The Balaban J connectivity index is 1.90. The molecule has 2 aliphatic heterocycles. The Morgan fingerprint density at radius 2 is 2.38 bits per heavy atom. The van der Waals surface area contributed by atoms with Crippen molar-refractivity contribution in [1.82, 2.24) is 9.88 Å². The molecule has 1 atom stereocenters. The zero-order valence-electron chi connectivity index (χ0n) is 14.7. The molecule has 1 aromatic rings. The first kappa shape index (κ1) is 17.9. The average Bonchev–Trinajstić information content (AvgIpc) is 3.18. The summed E-state index contributed by atoms with van der Waals surface area (Å²) in [5.41, 5.74) is 0.817. The molecule has 26 heavy (non-hydrogen) atoms. The number of nitrogens with zero attached hydrogens (tertiary/aromatic N) is 2. The van der Waals surface area contributed by atoms with Gasteiger partial charge in [-0.1, -0.05) is 6.07 Å². The number of carbonyl (C=O) groups is 2. The Morgan fingerprint density at radius 1 is 1.58 bits per heavy atom. The van der Waals surface area contributed by atoms with Gasteiger partial charge in [0.15, 0.2) is 11.3 Å². The second kappa shape index (κ2) is 7.57. The zero-order valence-corrected chi connectivity index (χ0v) is 14.7. The number of aromatic nitrogens is 1. The first-order valence-corrected chi connectivity index (χ1v) is 8.43. The highest BCUT2D eigenvalue weighted by molar-refractivity contribution is 6.25. The van der Waals surface area contributed by atoms with E-state index in [-0.39, 0.29) is 42.9 Å². The first-order valence-electron chi connectivity index (χ1n) is 8.43. The number of aliphatic hydroxyl groups excluding tert-OH is 1. The predicted molar refractivity (Wildman–Crippen MR) is 93.0 cm³/mol. The lowest BCUT2D eigenvalue weighted by Gasteiger charge is -2.18. The Morgan fingerprint density at radius 3 is 3.12 bits per heavy atom. The number of hydrogen-bond acceptors (Lipinski definition) is 8. The van der Waals surface area contributed by atoms with Gasteiger partial charge >= 0.3 is 5.97 Å². The number of likely N-dealkylation sites (N-methyl/N-ethyl adjacent to an activating group) is 1. The molecule has 8 nitrogen and oxygen atoms in total. The van der Waals surface area contributed by atoms with Crippen LogP contribution in [0.15, 0.2) is 41.6 Å². The van der Waals surface area contributed by atoms with Crippen molar-refractivity contribution in [2.75, 3.05) is 38.7 Å². The quantitative estimate of drug-likeness (QED) is 0.436. The summed E-state index contributed by atoms with van der Waals surface area (Å²) in [4.78, 5) is 30.8. The van der Waals surface area contributed by atoms with E-state index in [0.717, 1.165) is 11.4 Å². The van der Waals surface area contributed by atoms with Crippen LogP contribution in [0.2, 0.25) is 0 Å². The number of Topliss-reactive ketones (excluding diaryl/α,β-unsaturated/α-hetero) is 1. The molecular weight excluding hydrogens is 338 g/mol. The van der Waals surface area contributed by atoms with E-state index in [1.54, 1.807) is 26.2 Å². The normalized spacial score (nSPS) is 20.0. The molecule has 0 saturated heterocycles. The van der Waals surface area contributed by atoms with Crippen LogP contribution in [0.3, 0.4) is 0 Å². The van der Waals surface area contributed by atoms with Gasteiger partial charge in [-0.05, 0) is 19.1 Å². The number of allylic oxidation sites excluding steroid dienone is 1. The van der Waals surface area contributed by atoms with Crippen LogP contribution in [-0.4, -0.2) is 60.1 Å². The Hall–Kier alpha value is -2.87. The second-order valence-corrected chi connectivity index (χ2v) is 5.94. The maximum Gasteiger partial charge on any atom is 0.347 e. The molecule has 138 valence electrons. The molecule has 0 amide bonds. The van der Waals surface area contributed by atoms with Crippen LogP contribution in [0.25, 0.3) is 0 Å². The molecule has 0 spiro atoms. The number of anilines is 1. The van der Waals surface area contributed by atoms with Crippen LogP contribution in [0.4, 0.5) is 5.82 Å². The Kier molecular flexibility index (Phi) is 5.22. The topological polar surface area (TPSA) is 101 Å². The van der Waals surface area contributed by atoms with Gasteiger partial charge in [-0.25, -0.2) is 9.78 Å². The van der Waals surface area contributed by atoms with Crippen LogP contribution in [0.1, 0.15) is 18.4 Å². The number of aliphatic hydroxyl groups is 1. The highest BCUT2D eigenvalue weighted by atomic mass is 16.5. The lowest BCUT2D eigenvalue weighted by atomic mass is 10.0. The molecule has 0 saturated carbocycles. The van der Waals surface area contributed by atoms with Gasteiger partial charge in [0.25, 0.3) is 0 Å². The molecule has 0 aliphatic carbocycles. The number of fused-ring (bicyclic) bond motifs is 1. The van der Waals surface area contributed by atoms with E-state index in [0.29, 0.717) is 6.54 Å². The van der Waals surface area contributed by atoms with E-state index in [9.17, 15) is 9.59 Å². The SMILES string of the molecule is CCOC(=O)C1=C(N(C)CCO)O/C(=C\C2CNc3ncccc32)C1=O. The van der Waals surface area contributed by atoms with Gasteiger partial charge < -0.3 is 24.8 Å². The van der Waals surface area contributed by atoms with Crippen molar-refractivity contribution < 1.29 is 24.2 Å². The van der Waals surface area contributed by atoms with Crippen molar-refractivity contribution in [3.63, 3.8) is 0 Å². The fraction of sp³-hybridized carbons (Fsp3) is 0.389. The van der Waals surface area contributed by atoms with E-state index >= 15 is 0 Å². The molecule has 3 heterocycles. The van der Waals surface area contributed by atoms with Gasteiger partial charge in [0.05, 0.1) is 13.2 Å². The molecule has 0 bridgehead atoms. The molecular formula is C18H21N3O5. The second-order valence-electron chi connectivity index (χ2n) is 5.94. The summed E-state index contributed by atoms with van der Waals surface area (Å²) in [6, 6.07) is 3.76. The van der Waals surface area contributed by atoms with E-state index in [1.807, 2.05) is 12.1 Å². The maximum atomic E-state index is 12.8. The van der Waals surface area contributed by atoms with E-state index in [4.69, 9.17) is 14.6 Å². The van der Waals surface area contributed by atoms with Gasteiger partial charge in [0.1, 0.15) is 5.82 Å². The third-order valence-corrected chi connectivity index (χ3v) is 4.21. The van der Waals surface area contributed by atoms with Crippen LogP contribution in [-0.2, 0) is 19.1 Å². The number of nitrogens with one attached hydrogen (secondary N) is 1. The fourth-order valence-corrected chi connectivity index (χ4v) is 2.95. The summed E-state index contributed by atoms with van der Waals surface area (Å²) in [6.07, 6.45) is 3.39. The number of ether oxygens (including phenoxy) is 2. The molecule has 1 unspecified atom stereocenters. The van der Waals surface area contributed by atoms with Crippen molar-refractivity contribution in [2.45, 2.75) is 12.8 Å². The third kappa shape index (κ3) is 3.28. The van der Waals surface area contributed by atoms with Gasteiger partial charge in [-0.15, -0.1) is 0 Å². The van der Waals surface area contributed by atoms with Crippen LogP contribution < -0.4 is 5.32 Å². The van der Waals surface area contributed by atoms with E-state index in [2.05, 4.69) is 10.3 Å². The molecule has 8 heteroatoms. The number of pyridine rings is 1. The van der Waals surface area contributed by atoms with Gasteiger partial charge in [-0.2, -0.15) is 0 Å². The first-order chi connectivity index (χ1) is 12.6. The standard InChI is InChI=1S/C18H21N3O5/c1-3-25-18(24)14-15(23)13(26-17(14)21(2)7-8-22)9-11-10-20-16-12(11)5-4-6-19-16/h4-6,9,11,22H,3,7-8,10H2,1-2H3,(H,19,20)/b13-9-. The van der Waals surface area contributed by atoms with Gasteiger partial charge in [0, 0.05) is 37.8 Å². The monoisotopic (exact) mass is 359 g/mol. The highest BCUT2D eigenvalue weighted by Crippen LogP contribution is 2.34. The molecule has 0 fully saturated rings. The molecule has 3 rings (SSSR count). The summed E-state index contributed by atoms with van der Waals surface area (Å²) < 4.78 is 10.7. The smallest absolute Gasteiger partial charge is 0.347 e. The van der Waals surface area contributed by atoms with Crippen molar-refractivity contribution in [2.24, 2.45) is 0 Å². The minimum Gasteiger partial charge on any atom is -0.462 e. The molecule has 2 aliphatic rings. The van der Waals surface area contributed by atoms with Gasteiger partial charge in [0.2, 0.25) is 11.7 Å². The highest BCUT2D eigenvalue weighted by Gasteiger charge is 2.39. The minimum atomic E-state index is -0.729. The van der Waals surface area contributed by atoms with Crippen molar-refractivity contribution in [3.05, 3.63) is 47.2 Å². The largest absolute Gasteiger partial charge is 0.462 e. The summed E-state index contributed by atoms with van der Waals surface area (Å²) in [5.74, 6) is -0.380. The van der Waals surface area contributed by atoms with Crippen molar-refractivity contribution >= 4 is 17.6 Å². The Bertz CT molecular complexity index is 787. The summed E-state index contributed by atoms with van der Waals surface area (Å²) >= 11 is 0. The maximum absolute atomic E-state index is 12.8. The lowest BCUT2D eigenvalue weighted by molar-refractivity contribution is -0.139. The molecule has 2 N–H and O–H groups in total. The summed E-state index contributed by atoms with van der Waals surface area (Å²) in [5, 5.41) is 12.3. The number of ketones is 1. The third-order valence-electron chi connectivity index (χ3n) is 4.21. The number of esters is 1. The van der Waals surface area contributed by atoms with E-state index in [1.165, 1.54) is 4.90 Å². The molecule has 0 aromatic carbocycles. The molecule has 1 aromatic heterocycles. The summed E-state index contributed by atoms with van der Waals surface area (Å²) in [7, 11) is 1.64. The molecule has 0 radical (unpaired) electrons. The number of carbonyl (C=O) groups excluding carboxylic acids is 2. The van der Waals surface area contributed by atoms with Crippen molar-refractivity contribution in [3.8, 4) is 0 Å². The Labute approximate surface area is 151 Å². The number of hydrogen-bond donors (Lipinski definition) is 2. The lowest BCUT2D eigenvalue weighted by Crippen LogP contribution is -2.25. The average molecular weight is 359 g/mol. The number of rotatable bonds is 6. The predicted octanol–water partition coefficient (Wildman–Crippen LogP) is 0.773. The van der Waals surface area contributed by atoms with Gasteiger partial charge in [-0.3, -0.25) is 4.79 Å². The minimum absolute atomic E-state index is 0.0799. The van der Waals surface area contributed by atoms with E-state index < -0.39 is 11.8 Å². The zero-order chi connectivity index (χ0) is 18.7. The summed E-state index contributed by atoms with van der Waals surface area (Å²) in [6.45, 7) is 2.48.